The van der Waals surface area contributed by atoms with Crippen molar-refractivity contribution in [3.05, 3.63) is 30.1 Å². The quantitative estimate of drug-likeness (QED) is 0.823. The van der Waals surface area contributed by atoms with Crippen LogP contribution in [0.2, 0.25) is 0 Å². The summed E-state index contributed by atoms with van der Waals surface area (Å²) in [6, 6.07) is 4.99. The monoisotopic (exact) mass is 342 g/mol. The third-order valence-electron chi connectivity index (χ3n) is 4.24. The predicted octanol–water partition coefficient (Wildman–Crippen LogP) is 2.09. The highest BCUT2D eigenvalue weighted by Crippen LogP contribution is 2.25. The van der Waals surface area contributed by atoms with Gasteiger partial charge >= 0.3 is 0 Å². The van der Waals surface area contributed by atoms with Crippen molar-refractivity contribution < 1.29 is 17.6 Å². The van der Waals surface area contributed by atoms with E-state index in [0.717, 1.165) is 6.07 Å². The Morgan fingerprint density at radius 1 is 1.35 bits per heavy atom. The van der Waals surface area contributed by atoms with Gasteiger partial charge in [-0.3, -0.25) is 4.79 Å². The van der Waals surface area contributed by atoms with Crippen LogP contribution in [-0.2, 0) is 14.8 Å². The van der Waals surface area contributed by atoms with Crippen LogP contribution in [0.1, 0.15) is 26.7 Å². The summed E-state index contributed by atoms with van der Waals surface area (Å²) >= 11 is 0. The van der Waals surface area contributed by atoms with E-state index in [1.165, 1.54) is 22.5 Å². The van der Waals surface area contributed by atoms with Crippen LogP contribution in [0.4, 0.5) is 4.39 Å². The normalized spacial score (nSPS) is 19.5. The zero-order chi connectivity index (χ0) is 17.0. The highest BCUT2D eigenvalue weighted by Gasteiger charge is 2.34. The second kappa shape index (κ2) is 7.40. The van der Waals surface area contributed by atoms with E-state index in [1.54, 1.807) is 4.90 Å². The molecule has 1 unspecified atom stereocenters. The van der Waals surface area contributed by atoms with Crippen LogP contribution >= 0.6 is 0 Å². The number of carbonyl (C=O) groups excluding carboxylic acids is 1. The first-order valence-electron chi connectivity index (χ1n) is 7.94. The minimum Gasteiger partial charge on any atom is -0.343 e. The molecule has 0 saturated carbocycles. The van der Waals surface area contributed by atoms with Gasteiger partial charge in [0.15, 0.2) is 0 Å². The van der Waals surface area contributed by atoms with E-state index in [1.807, 2.05) is 13.8 Å². The fourth-order valence-corrected chi connectivity index (χ4v) is 4.49. The molecular formula is C16H23FN2O3S. The van der Waals surface area contributed by atoms with Gasteiger partial charge in [-0.05, 0) is 44.9 Å². The maximum Gasteiger partial charge on any atom is 0.243 e. The van der Waals surface area contributed by atoms with Gasteiger partial charge in [-0.25, -0.2) is 12.8 Å². The van der Waals surface area contributed by atoms with Crippen molar-refractivity contribution in [1.29, 1.82) is 0 Å². The van der Waals surface area contributed by atoms with Crippen LogP contribution in [0, 0.1) is 11.7 Å². The van der Waals surface area contributed by atoms with Gasteiger partial charge < -0.3 is 4.90 Å². The third-order valence-corrected chi connectivity index (χ3v) is 6.10. The molecule has 1 heterocycles. The Morgan fingerprint density at radius 2 is 2.04 bits per heavy atom. The van der Waals surface area contributed by atoms with Gasteiger partial charge in [0.05, 0.1) is 10.8 Å². The van der Waals surface area contributed by atoms with E-state index in [2.05, 4.69) is 0 Å². The second-order valence-corrected chi connectivity index (χ2v) is 7.61. The number of carbonyl (C=O) groups is 1. The van der Waals surface area contributed by atoms with E-state index in [0.29, 0.717) is 32.5 Å². The molecule has 0 spiro atoms. The molecule has 0 bridgehead atoms. The molecule has 1 aliphatic rings. The summed E-state index contributed by atoms with van der Waals surface area (Å²) in [7, 11) is -3.77. The van der Waals surface area contributed by atoms with Gasteiger partial charge in [-0.15, -0.1) is 0 Å². The highest BCUT2D eigenvalue weighted by molar-refractivity contribution is 7.89. The van der Waals surface area contributed by atoms with Crippen LogP contribution in [0.5, 0.6) is 0 Å². The van der Waals surface area contributed by atoms with Gasteiger partial charge in [0.1, 0.15) is 5.82 Å². The van der Waals surface area contributed by atoms with Gasteiger partial charge in [-0.2, -0.15) is 4.31 Å². The van der Waals surface area contributed by atoms with Crippen molar-refractivity contribution in [2.75, 3.05) is 26.2 Å². The number of piperidine rings is 1. The number of hydrogen-bond donors (Lipinski definition) is 0. The maximum absolute atomic E-state index is 13.3. The van der Waals surface area contributed by atoms with Gasteiger partial charge in [-0.1, -0.05) is 6.07 Å². The fourth-order valence-electron chi connectivity index (χ4n) is 2.93. The minimum atomic E-state index is -3.77. The van der Waals surface area contributed by atoms with Crippen molar-refractivity contribution in [2.24, 2.45) is 5.92 Å². The average molecular weight is 342 g/mol. The van der Waals surface area contributed by atoms with Crippen LogP contribution in [0.25, 0.3) is 0 Å². The predicted molar refractivity (Wildman–Crippen MR) is 85.8 cm³/mol. The molecule has 1 amide bonds. The number of benzene rings is 1. The van der Waals surface area contributed by atoms with Crippen LogP contribution in [-0.4, -0.2) is 49.7 Å². The molecule has 1 aromatic carbocycles. The Labute approximate surface area is 137 Å². The van der Waals surface area contributed by atoms with Crippen molar-refractivity contribution in [1.82, 2.24) is 9.21 Å². The molecule has 0 N–H and O–H groups in total. The second-order valence-electron chi connectivity index (χ2n) is 5.67. The summed E-state index contributed by atoms with van der Waals surface area (Å²) < 4.78 is 39.9. The lowest BCUT2D eigenvalue weighted by atomic mass is 9.98. The topological polar surface area (TPSA) is 57.7 Å². The average Bonchev–Trinajstić information content (AvgIpc) is 2.56. The largest absolute Gasteiger partial charge is 0.343 e. The minimum absolute atomic E-state index is 0.00542. The van der Waals surface area contributed by atoms with E-state index < -0.39 is 15.8 Å². The number of rotatable bonds is 5. The molecule has 7 heteroatoms. The van der Waals surface area contributed by atoms with Gasteiger partial charge in [0, 0.05) is 26.2 Å². The molecule has 23 heavy (non-hydrogen) atoms. The van der Waals surface area contributed by atoms with Crippen molar-refractivity contribution >= 4 is 15.9 Å². The summed E-state index contributed by atoms with van der Waals surface area (Å²) in [6.45, 7) is 5.57. The third kappa shape index (κ3) is 3.90. The summed E-state index contributed by atoms with van der Waals surface area (Å²) in [5.74, 6) is -0.917. The SMILES string of the molecule is CCN(CC)C(=O)C1CCCN(S(=O)(=O)c2cccc(F)c2)C1. The number of hydrogen-bond acceptors (Lipinski definition) is 3. The van der Waals surface area contributed by atoms with E-state index in [4.69, 9.17) is 0 Å². The van der Waals surface area contributed by atoms with E-state index >= 15 is 0 Å². The molecule has 1 fully saturated rings. The zero-order valence-corrected chi connectivity index (χ0v) is 14.4. The number of amides is 1. The first-order valence-corrected chi connectivity index (χ1v) is 9.38. The Balaban J connectivity index is 2.19. The lowest BCUT2D eigenvalue weighted by Crippen LogP contribution is -2.46. The smallest absolute Gasteiger partial charge is 0.243 e. The van der Waals surface area contributed by atoms with Gasteiger partial charge in [0.2, 0.25) is 15.9 Å². The number of halogens is 1. The Morgan fingerprint density at radius 3 is 2.65 bits per heavy atom. The molecule has 128 valence electrons. The number of sulfonamides is 1. The molecule has 0 aromatic heterocycles. The van der Waals surface area contributed by atoms with Crippen molar-refractivity contribution in [3.63, 3.8) is 0 Å². The summed E-state index contributed by atoms with van der Waals surface area (Å²) in [6.07, 6.45) is 1.32. The summed E-state index contributed by atoms with van der Waals surface area (Å²) in [5.41, 5.74) is 0. The highest BCUT2D eigenvalue weighted by atomic mass is 32.2. The fraction of sp³-hybridized carbons (Fsp3) is 0.562. The summed E-state index contributed by atoms with van der Waals surface area (Å²) in [4.78, 5) is 14.1. The first-order chi connectivity index (χ1) is 10.9. The Kier molecular flexibility index (Phi) is 5.75. The lowest BCUT2D eigenvalue weighted by molar-refractivity contribution is -0.136. The van der Waals surface area contributed by atoms with E-state index in [-0.39, 0.29) is 23.3 Å². The first kappa shape index (κ1) is 17.9. The van der Waals surface area contributed by atoms with Crippen LogP contribution in [0.15, 0.2) is 29.2 Å². The summed E-state index contributed by atoms with van der Waals surface area (Å²) in [5, 5.41) is 0. The molecule has 2 rings (SSSR count). The van der Waals surface area contributed by atoms with Crippen LogP contribution in [0.3, 0.4) is 0 Å². The number of nitrogens with zero attached hydrogens (tertiary/aromatic N) is 2. The van der Waals surface area contributed by atoms with Crippen molar-refractivity contribution in [3.8, 4) is 0 Å². The molecule has 0 radical (unpaired) electrons. The molecule has 0 aliphatic carbocycles. The molecule has 1 aromatic rings. The Hall–Kier alpha value is -1.47. The van der Waals surface area contributed by atoms with Gasteiger partial charge in [0.25, 0.3) is 0 Å². The standard InChI is InChI=1S/C16H23FN2O3S/c1-3-18(4-2)16(20)13-7-6-10-19(12-13)23(21,22)15-9-5-8-14(17)11-15/h5,8-9,11,13H,3-4,6-7,10,12H2,1-2H3. The molecule has 1 aliphatic heterocycles. The molecule has 1 saturated heterocycles. The maximum atomic E-state index is 13.3. The molecular weight excluding hydrogens is 319 g/mol. The zero-order valence-electron chi connectivity index (χ0n) is 13.5. The van der Waals surface area contributed by atoms with Crippen LogP contribution < -0.4 is 0 Å². The molecule has 1 atom stereocenters. The van der Waals surface area contributed by atoms with Crippen molar-refractivity contribution in [2.45, 2.75) is 31.6 Å². The van der Waals surface area contributed by atoms with E-state index in [9.17, 15) is 17.6 Å². The molecule has 5 nitrogen and oxygen atoms in total. The lowest BCUT2D eigenvalue weighted by Gasteiger charge is -2.33. The Bertz CT molecular complexity index is 659.